The molecular weight excluding hydrogens is 162 g/mol. The van der Waals surface area contributed by atoms with Crippen molar-refractivity contribution in [1.29, 1.82) is 0 Å². The lowest BCUT2D eigenvalue weighted by Crippen LogP contribution is -2.20. The number of rotatable bonds is 6. The quantitative estimate of drug-likeness (QED) is 0.487. The molecule has 0 rings (SSSR count). The fourth-order valence-corrected chi connectivity index (χ4v) is 0.978. The Balaban J connectivity index is 3.79. The van der Waals surface area contributed by atoms with Crippen molar-refractivity contribution in [3.63, 3.8) is 0 Å². The van der Waals surface area contributed by atoms with Crippen molar-refractivity contribution in [1.82, 2.24) is 0 Å². The first-order valence-corrected chi connectivity index (χ1v) is 3.93. The number of carboxylic acid groups (broad SMARTS) is 1. The molecule has 0 saturated heterocycles. The van der Waals surface area contributed by atoms with E-state index in [9.17, 15) is 14.9 Å². The van der Waals surface area contributed by atoms with Crippen molar-refractivity contribution in [2.75, 3.05) is 0 Å². The number of hydrogen-bond donors (Lipinski definition) is 1. The van der Waals surface area contributed by atoms with Crippen LogP contribution in [0, 0.1) is 10.1 Å². The van der Waals surface area contributed by atoms with Crippen LogP contribution in [0.5, 0.6) is 0 Å². The Bertz CT molecular complexity index is 169. The maximum atomic E-state index is 10.3. The molecule has 0 heterocycles. The van der Waals surface area contributed by atoms with Crippen molar-refractivity contribution < 1.29 is 14.8 Å². The van der Waals surface area contributed by atoms with Crippen LogP contribution in [0.1, 0.15) is 32.6 Å². The number of aliphatic carboxylic acids is 1. The minimum atomic E-state index is -0.974. The molecule has 0 spiro atoms. The lowest BCUT2D eigenvalue weighted by atomic mass is 10.1. The van der Waals surface area contributed by atoms with Gasteiger partial charge in [0.1, 0.15) is 0 Å². The Kier molecular flexibility index (Phi) is 4.99. The molecule has 70 valence electrons. The van der Waals surface area contributed by atoms with Gasteiger partial charge in [-0.1, -0.05) is 6.92 Å². The topological polar surface area (TPSA) is 80.4 Å². The van der Waals surface area contributed by atoms with Gasteiger partial charge in [-0.05, 0) is 6.42 Å². The molecule has 1 atom stereocenters. The Morgan fingerprint density at radius 3 is 2.50 bits per heavy atom. The Morgan fingerprint density at radius 1 is 1.58 bits per heavy atom. The molecule has 0 aromatic heterocycles. The predicted octanol–water partition coefficient (Wildman–Crippen LogP) is 1.30. The van der Waals surface area contributed by atoms with Crippen LogP contribution in [0.4, 0.5) is 0 Å². The highest BCUT2D eigenvalue weighted by Gasteiger charge is 2.19. The summed E-state index contributed by atoms with van der Waals surface area (Å²) in [6.07, 6.45) is 1.19. The summed E-state index contributed by atoms with van der Waals surface area (Å²) in [4.78, 5) is 20.0. The fourth-order valence-electron chi connectivity index (χ4n) is 0.978. The van der Waals surface area contributed by atoms with Crippen molar-refractivity contribution >= 4 is 5.97 Å². The maximum absolute atomic E-state index is 10.3. The Morgan fingerprint density at radius 2 is 2.17 bits per heavy atom. The van der Waals surface area contributed by atoms with Gasteiger partial charge >= 0.3 is 5.97 Å². The average Bonchev–Trinajstić information content (AvgIpc) is 1.96. The average molecular weight is 175 g/mol. The SMILES string of the molecule is CCCC(CCC(=O)O)[N+](=O)[O-]. The second-order valence-corrected chi connectivity index (χ2v) is 2.66. The minimum Gasteiger partial charge on any atom is -0.481 e. The van der Waals surface area contributed by atoms with Crippen molar-refractivity contribution in [3.05, 3.63) is 10.1 Å². The number of nitrogens with zero attached hydrogens (tertiary/aromatic N) is 1. The molecule has 0 radical (unpaired) electrons. The molecule has 0 aliphatic carbocycles. The van der Waals surface area contributed by atoms with Crippen LogP contribution in [-0.2, 0) is 4.79 Å². The molecule has 5 nitrogen and oxygen atoms in total. The number of carbonyl (C=O) groups is 1. The molecule has 0 saturated carbocycles. The van der Waals surface area contributed by atoms with E-state index in [-0.39, 0.29) is 12.8 Å². The molecule has 5 heteroatoms. The second-order valence-electron chi connectivity index (χ2n) is 2.66. The molecule has 0 fully saturated rings. The third-order valence-corrected chi connectivity index (χ3v) is 1.61. The second kappa shape index (κ2) is 5.51. The number of hydrogen-bond acceptors (Lipinski definition) is 3. The molecule has 0 aliphatic heterocycles. The van der Waals surface area contributed by atoms with E-state index in [1.807, 2.05) is 6.92 Å². The van der Waals surface area contributed by atoms with Crippen LogP contribution in [0.2, 0.25) is 0 Å². The first-order valence-electron chi connectivity index (χ1n) is 3.93. The molecule has 0 aliphatic rings. The molecular formula is C7H13NO4. The van der Waals surface area contributed by atoms with E-state index >= 15 is 0 Å². The van der Waals surface area contributed by atoms with E-state index in [0.717, 1.165) is 0 Å². The van der Waals surface area contributed by atoms with Gasteiger partial charge in [0.2, 0.25) is 6.04 Å². The van der Waals surface area contributed by atoms with Gasteiger partial charge in [-0.2, -0.15) is 0 Å². The van der Waals surface area contributed by atoms with Gasteiger partial charge in [0, 0.05) is 17.8 Å². The summed E-state index contributed by atoms with van der Waals surface area (Å²) in [5.41, 5.74) is 0. The van der Waals surface area contributed by atoms with Crippen LogP contribution in [-0.4, -0.2) is 22.0 Å². The van der Waals surface area contributed by atoms with Crippen molar-refractivity contribution in [2.45, 2.75) is 38.6 Å². The Labute approximate surface area is 70.5 Å². The van der Waals surface area contributed by atoms with Gasteiger partial charge in [0.25, 0.3) is 0 Å². The van der Waals surface area contributed by atoms with E-state index < -0.39 is 16.9 Å². The van der Waals surface area contributed by atoms with E-state index in [0.29, 0.717) is 12.8 Å². The normalized spacial score (nSPS) is 12.4. The summed E-state index contributed by atoms with van der Waals surface area (Å²) in [5, 5.41) is 18.6. The third-order valence-electron chi connectivity index (χ3n) is 1.61. The number of nitro groups is 1. The minimum absolute atomic E-state index is 0.119. The zero-order valence-corrected chi connectivity index (χ0v) is 7.02. The fraction of sp³-hybridized carbons (Fsp3) is 0.857. The van der Waals surface area contributed by atoms with Crippen LogP contribution in [0.25, 0.3) is 0 Å². The smallest absolute Gasteiger partial charge is 0.303 e. The lowest BCUT2D eigenvalue weighted by molar-refractivity contribution is -0.524. The predicted molar refractivity (Wildman–Crippen MR) is 42.6 cm³/mol. The van der Waals surface area contributed by atoms with Gasteiger partial charge in [-0.25, -0.2) is 0 Å². The van der Waals surface area contributed by atoms with Crippen LogP contribution in [0.3, 0.4) is 0 Å². The summed E-state index contributed by atoms with van der Waals surface area (Å²) in [7, 11) is 0. The van der Waals surface area contributed by atoms with Crippen LogP contribution < -0.4 is 0 Å². The maximum Gasteiger partial charge on any atom is 0.303 e. The molecule has 0 amide bonds. The first-order chi connectivity index (χ1) is 5.57. The molecule has 12 heavy (non-hydrogen) atoms. The highest BCUT2D eigenvalue weighted by molar-refractivity contribution is 5.66. The van der Waals surface area contributed by atoms with Crippen molar-refractivity contribution in [3.8, 4) is 0 Å². The lowest BCUT2D eigenvalue weighted by Gasteiger charge is -2.05. The molecule has 0 bridgehead atoms. The summed E-state index contributed by atoms with van der Waals surface area (Å²) < 4.78 is 0. The van der Waals surface area contributed by atoms with E-state index in [2.05, 4.69) is 0 Å². The van der Waals surface area contributed by atoms with Gasteiger partial charge in [0.15, 0.2) is 0 Å². The highest BCUT2D eigenvalue weighted by Crippen LogP contribution is 2.07. The summed E-state index contributed by atoms with van der Waals surface area (Å²) >= 11 is 0. The highest BCUT2D eigenvalue weighted by atomic mass is 16.6. The number of carboxylic acids is 1. The molecule has 1 N–H and O–H groups in total. The van der Waals surface area contributed by atoms with Gasteiger partial charge in [0.05, 0.1) is 6.42 Å². The zero-order chi connectivity index (χ0) is 9.56. The molecule has 0 aromatic carbocycles. The zero-order valence-electron chi connectivity index (χ0n) is 7.02. The monoisotopic (exact) mass is 175 g/mol. The van der Waals surface area contributed by atoms with Crippen LogP contribution in [0.15, 0.2) is 0 Å². The summed E-state index contributed by atoms with van der Waals surface area (Å²) in [6.45, 7) is 1.84. The van der Waals surface area contributed by atoms with Crippen molar-refractivity contribution in [2.24, 2.45) is 0 Å². The molecule has 0 aromatic rings. The standard InChI is InChI=1S/C7H13NO4/c1-2-3-6(8(11)12)4-5-7(9)10/h6H,2-5H2,1H3,(H,9,10). The Hall–Kier alpha value is -1.13. The van der Waals surface area contributed by atoms with E-state index in [1.54, 1.807) is 0 Å². The van der Waals surface area contributed by atoms with Crippen LogP contribution >= 0.6 is 0 Å². The van der Waals surface area contributed by atoms with E-state index in [1.165, 1.54) is 0 Å². The first kappa shape index (κ1) is 10.9. The van der Waals surface area contributed by atoms with E-state index in [4.69, 9.17) is 5.11 Å². The summed E-state index contributed by atoms with van der Waals surface area (Å²) in [6, 6.07) is -0.689. The van der Waals surface area contributed by atoms with Gasteiger partial charge < -0.3 is 5.11 Å². The molecule has 1 unspecified atom stereocenters. The third kappa shape index (κ3) is 4.65. The van der Waals surface area contributed by atoms with Gasteiger partial charge in [-0.3, -0.25) is 14.9 Å². The van der Waals surface area contributed by atoms with Gasteiger partial charge in [-0.15, -0.1) is 0 Å². The largest absolute Gasteiger partial charge is 0.481 e. The summed E-state index contributed by atoms with van der Waals surface area (Å²) in [5.74, 6) is -0.974.